The molecule has 17 heavy (non-hydrogen) atoms. The summed E-state index contributed by atoms with van der Waals surface area (Å²) in [6, 6.07) is 5.48. The van der Waals surface area contributed by atoms with Crippen LogP contribution in [-0.2, 0) is 0 Å². The Bertz CT molecular complexity index is 366. The van der Waals surface area contributed by atoms with Crippen LogP contribution in [0.25, 0.3) is 0 Å². The van der Waals surface area contributed by atoms with Crippen molar-refractivity contribution in [2.45, 2.75) is 31.7 Å². The third-order valence-electron chi connectivity index (χ3n) is 3.05. The minimum atomic E-state index is -0.286. The van der Waals surface area contributed by atoms with Crippen LogP contribution in [0.3, 0.4) is 0 Å². The molecule has 1 fully saturated rings. The first-order valence-corrected chi connectivity index (χ1v) is 6.86. The number of hydrogen-bond acceptors (Lipinski definition) is 2. The number of halogens is 2. The van der Waals surface area contributed by atoms with Crippen molar-refractivity contribution in [2.75, 3.05) is 13.2 Å². The number of hydrogen-bond donors (Lipinski definition) is 1. The summed E-state index contributed by atoms with van der Waals surface area (Å²) in [6.45, 7) is 1.40. The average molecular weight is 302 g/mol. The van der Waals surface area contributed by atoms with E-state index in [2.05, 4.69) is 21.2 Å². The van der Waals surface area contributed by atoms with Gasteiger partial charge in [0, 0.05) is 18.7 Å². The Labute approximate surface area is 110 Å². The van der Waals surface area contributed by atoms with Crippen LogP contribution in [0.4, 0.5) is 4.39 Å². The Hall–Kier alpha value is -0.610. The van der Waals surface area contributed by atoms with E-state index in [1.807, 2.05) is 0 Å². The molecule has 1 aliphatic rings. The van der Waals surface area contributed by atoms with Crippen molar-refractivity contribution in [3.05, 3.63) is 28.5 Å². The highest BCUT2D eigenvalue weighted by Gasteiger charge is 2.13. The number of rotatable bonds is 5. The third-order valence-corrected chi connectivity index (χ3v) is 3.69. The van der Waals surface area contributed by atoms with E-state index in [0.717, 1.165) is 6.54 Å². The van der Waals surface area contributed by atoms with E-state index in [1.165, 1.54) is 31.7 Å². The smallest absolute Gasteiger partial charge is 0.141 e. The lowest BCUT2D eigenvalue weighted by Crippen LogP contribution is -2.30. The Kier molecular flexibility index (Phi) is 4.80. The van der Waals surface area contributed by atoms with Crippen molar-refractivity contribution in [3.8, 4) is 5.75 Å². The molecule has 0 aliphatic heterocycles. The highest BCUT2D eigenvalue weighted by atomic mass is 79.9. The first kappa shape index (κ1) is 12.8. The molecule has 1 saturated carbocycles. The topological polar surface area (TPSA) is 21.3 Å². The zero-order valence-corrected chi connectivity index (χ0v) is 11.3. The normalized spacial score (nSPS) is 16.4. The van der Waals surface area contributed by atoms with Gasteiger partial charge in [0.2, 0.25) is 0 Å². The van der Waals surface area contributed by atoms with Gasteiger partial charge in [0.15, 0.2) is 0 Å². The van der Waals surface area contributed by atoms with E-state index in [0.29, 0.717) is 22.9 Å². The molecule has 2 rings (SSSR count). The average Bonchev–Trinajstić information content (AvgIpc) is 2.82. The maximum atomic E-state index is 13.2. The van der Waals surface area contributed by atoms with Crippen LogP contribution in [0.5, 0.6) is 5.75 Å². The molecule has 0 unspecified atom stereocenters. The summed E-state index contributed by atoms with van der Waals surface area (Å²) >= 11 is 3.11. The van der Waals surface area contributed by atoms with Crippen molar-refractivity contribution >= 4 is 15.9 Å². The Balaban J connectivity index is 1.68. The molecule has 0 bridgehead atoms. The van der Waals surface area contributed by atoms with Gasteiger partial charge in [0.25, 0.3) is 0 Å². The molecule has 1 aromatic carbocycles. The van der Waals surface area contributed by atoms with Crippen LogP contribution in [-0.4, -0.2) is 19.2 Å². The minimum absolute atomic E-state index is 0.286. The summed E-state index contributed by atoms with van der Waals surface area (Å²) in [6.07, 6.45) is 5.20. The van der Waals surface area contributed by atoms with Gasteiger partial charge in [-0.1, -0.05) is 12.8 Å². The van der Waals surface area contributed by atoms with Crippen molar-refractivity contribution in [1.82, 2.24) is 5.32 Å². The second-order valence-electron chi connectivity index (χ2n) is 4.36. The van der Waals surface area contributed by atoms with Gasteiger partial charge in [0.05, 0.1) is 4.47 Å². The molecule has 0 radical (unpaired) electrons. The molecule has 0 atom stereocenters. The molecular formula is C13H17BrFNO. The molecular weight excluding hydrogens is 285 g/mol. The van der Waals surface area contributed by atoms with Gasteiger partial charge < -0.3 is 10.1 Å². The molecule has 94 valence electrons. The maximum Gasteiger partial charge on any atom is 0.141 e. The molecule has 4 heteroatoms. The van der Waals surface area contributed by atoms with Crippen LogP contribution >= 0.6 is 15.9 Å². The van der Waals surface area contributed by atoms with Gasteiger partial charge in [-0.3, -0.25) is 0 Å². The minimum Gasteiger partial charge on any atom is -0.492 e. The number of ether oxygens (including phenoxy) is 1. The lowest BCUT2D eigenvalue weighted by Gasteiger charge is -2.12. The molecule has 0 spiro atoms. The van der Waals surface area contributed by atoms with Gasteiger partial charge in [-0.05, 0) is 40.9 Å². The van der Waals surface area contributed by atoms with Crippen molar-refractivity contribution < 1.29 is 9.13 Å². The summed E-state index contributed by atoms with van der Waals surface area (Å²) in [7, 11) is 0. The zero-order chi connectivity index (χ0) is 12.1. The fraction of sp³-hybridized carbons (Fsp3) is 0.538. The zero-order valence-electron chi connectivity index (χ0n) is 9.72. The molecule has 1 aliphatic carbocycles. The molecule has 2 nitrogen and oxygen atoms in total. The van der Waals surface area contributed by atoms with E-state index >= 15 is 0 Å². The SMILES string of the molecule is Fc1cc(OCCNC2CCCC2)ccc1Br. The van der Waals surface area contributed by atoms with Gasteiger partial charge in [-0.15, -0.1) is 0 Å². The van der Waals surface area contributed by atoms with Gasteiger partial charge in [0.1, 0.15) is 18.2 Å². The van der Waals surface area contributed by atoms with Crippen LogP contribution in [0.2, 0.25) is 0 Å². The van der Waals surface area contributed by atoms with Crippen LogP contribution in [0, 0.1) is 5.82 Å². The van der Waals surface area contributed by atoms with Gasteiger partial charge >= 0.3 is 0 Å². The van der Waals surface area contributed by atoms with Crippen molar-refractivity contribution in [3.63, 3.8) is 0 Å². The van der Waals surface area contributed by atoms with Crippen LogP contribution < -0.4 is 10.1 Å². The quantitative estimate of drug-likeness (QED) is 0.841. The van der Waals surface area contributed by atoms with E-state index in [9.17, 15) is 4.39 Å². The summed E-state index contributed by atoms with van der Waals surface area (Å²) in [5, 5.41) is 3.45. The van der Waals surface area contributed by atoms with E-state index in [4.69, 9.17) is 4.74 Å². The Morgan fingerprint density at radius 3 is 2.82 bits per heavy atom. The summed E-state index contributed by atoms with van der Waals surface area (Å²) in [4.78, 5) is 0. The number of nitrogens with one attached hydrogen (secondary N) is 1. The second kappa shape index (κ2) is 6.36. The first-order valence-electron chi connectivity index (χ1n) is 6.07. The first-order chi connectivity index (χ1) is 8.25. The molecule has 1 N–H and O–H groups in total. The van der Waals surface area contributed by atoms with Gasteiger partial charge in [-0.25, -0.2) is 4.39 Å². The summed E-state index contributed by atoms with van der Waals surface area (Å²) in [5.74, 6) is 0.296. The second-order valence-corrected chi connectivity index (χ2v) is 5.21. The van der Waals surface area contributed by atoms with Crippen LogP contribution in [0.1, 0.15) is 25.7 Å². The van der Waals surface area contributed by atoms with E-state index in [1.54, 1.807) is 12.1 Å². The Morgan fingerprint density at radius 1 is 1.35 bits per heavy atom. The fourth-order valence-corrected chi connectivity index (χ4v) is 2.38. The molecule has 1 aromatic rings. The Morgan fingerprint density at radius 2 is 2.12 bits per heavy atom. The van der Waals surface area contributed by atoms with Crippen molar-refractivity contribution in [1.29, 1.82) is 0 Å². The molecule has 0 saturated heterocycles. The molecule has 0 heterocycles. The third kappa shape index (κ3) is 3.96. The van der Waals surface area contributed by atoms with Crippen molar-refractivity contribution in [2.24, 2.45) is 0 Å². The highest BCUT2D eigenvalue weighted by Crippen LogP contribution is 2.21. The predicted molar refractivity (Wildman–Crippen MR) is 69.9 cm³/mol. The fourth-order valence-electron chi connectivity index (χ4n) is 2.13. The maximum absolute atomic E-state index is 13.2. The van der Waals surface area contributed by atoms with E-state index < -0.39 is 0 Å². The van der Waals surface area contributed by atoms with E-state index in [-0.39, 0.29) is 5.82 Å². The summed E-state index contributed by atoms with van der Waals surface area (Å²) < 4.78 is 19.1. The highest BCUT2D eigenvalue weighted by molar-refractivity contribution is 9.10. The molecule has 0 aromatic heterocycles. The standard InChI is InChI=1S/C13H17BrFNO/c14-12-6-5-11(9-13(12)15)17-8-7-16-10-3-1-2-4-10/h5-6,9-10,16H,1-4,7-8H2. The van der Waals surface area contributed by atoms with Crippen LogP contribution in [0.15, 0.2) is 22.7 Å². The monoisotopic (exact) mass is 301 g/mol. The molecule has 0 amide bonds. The lowest BCUT2D eigenvalue weighted by molar-refractivity contribution is 0.303. The number of benzene rings is 1. The largest absolute Gasteiger partial charge is 0.492 e. The lowest BCUT2D eigenvalue weighted by atomic mass is 10.2. The predicted octanol–water partition coefficient (Wildman–Crippen LogP) is 3.50. The van der Waals surface area contributed by atoms with Gasteiger partial charge in [-0.2, -0.15) is 0 Å². The summed E-state index contributed by atoms with van der Waals surface area (Å²) in [5.41, 5.74) is 0.